The third kappa shape index (κ3) is 4.60. The minimum atomic E-state index is -3.83. The summed E-state index contributed by atoms with van der Waals surface area (Å²) in [7, 11) is -1.06. The quantitative estimate of drug-likeness (QED) is 0.674. The largest absolute Gasteiger partial charge is 0.496 e. The van der Waals surface area contributed by atoms with Gasteiger partial charge in [0.1, 0.15) is 28.8 Å². The zero-order valence-electron chi connectivity index (χ0n) is 15.4. The lowest BCUT2D eigenvalue weighted by Crippen LogP contribution is -2.26. The molecule has 1 saturated carbocycles. The number of halogens is 1. The third-order valence-corrected chi connectivity index (χ3v) is 5.73. The van der Waals surface area contributed by atoms with Gasteiger partial charge >= 0.3 is 5.97 Å². The molecule has 9 heteroatoms. The van der Waals surface area contributed by atoms with E-state index >= 15 is 0 Å². The fraction of sp³-hybridized carbons (Fsp3) is 0.316. The van der Waals surface area contributed by atoms with Gasteiger partial charge in [-0.25, -0.2) is 22.3 Å². The van der Waals surface area contributed by atoms with Crippen molar-refractivity contribution in [3.63, 3.8) is 0 Å². The number of esters is 1. The van der Waals surface area contributed by atoms with E-state index < -0.39 is 21.8 Å². The number of rotatable bonds is 8. The summed E-state index contributed by atoms with van der Waals surface area (Å²) in [6.45, 7) is -0.228. The first-order valence-electron chi connectivity index (χ1n) is 8.54. The molecule has 3 rings (SSSR count). The second kappa shape index (κ2) is 8.15. The average molecular weight is 409 g/mol. The minimum Gasteiger partial charge on any atom is -0.496 e. The van der Waals surface area contributed by atoms with Crippen molar-refractivity contribution in [2.75, 3.05) is 14.2 Å². The maximum Gasteiger partial charge on any atom is 0.338 e. The van der Waals surface area contributed by atoms with E-state index in [1.54, 1.807) is 0 Å². The third-order valence-electron chi connectivity index (χ3n) is 4.19. The Kier molecular flexibility index (Phi) is 5.85. The first-order chi connectivity index (χ1) is 13.3. The lowest BCUT2D eigenvalue weighted by Gasteiger charge is -2.13. The highest BCUT2D eigenvalue weighted by atomic mass is 32.2. The van der Waals surface area contributed by atoms with Crippen molar-refractivity contribution in [3.05, 3.63) is 53.3 Å². The van der Waals surface area contributed by atoms with Crippen LogP contribution in [0.25, 0.3) is 0 Å². The van der Waals surface area contributed by atoms with Crippen LogP contribution < -0.4 is 14.2 Å². The van der Waals surface area contributed by atoms with Gasteiger partial charge < -0.3 is 14.2 Å². The monoisotopic (exact) mass is 409 g/mol. The molecule has 7 nitrogen and oxygen atoms in total. The standard InChI is InChI=1S/C19H20FNO6S/c1-25-16-8-4-14(20)9-13(16)11-27-19(22)12-3-7-17(26-2)18(10-12)28(23,24)21-15-5-6-15/h3-4,7-10,15,21H,5-6,11H2,1-2H3. The summed E-state index contributed by atoms with van der Waals surface area (Å²) in [5.41, 5.74) is 0.389. The lowest BCUT2D eigenvalue weighted by atomic mass is 10.2. The van der Waals surface area contributed by atoms with E-state index in [1.165, 1.54) is 50.6 Å². The second-order valence-corrected chi connectivity index (χ2v) is 7.98. The molecule has 2 aromatic rings. The van der Waals surface area contributed by atoms with E-state index in [0.29, 0.717) is 11.3 Å². The van der Waals surface area contributed by atoms with Crippen LogP contribution in [0.2, 0.25) is 0 Å². The Hall–Kier alpha value is -2.65. The summed E-state index contributed by atoms with van der Waals surface area (Å²) < 4.78 is 56.5. The topological polar surface area (TPSA) is 90.9 Å². The van der Waals surface area contributed by atoms with Crippen LogP contribution in [0.4, 0.5) is 4.39 Å². The van der Waals surface area contributed by atoms with Gasteiger partial charge in [0.05, 0.1) is 19.8 Å². The molecule has 0 aliphatic heterocycles. The Morgan fingerprint density at radius 3 is 2.43 bits per heavy atom. The van der Waals surface area contributed by atoms with Crippen LogP contribution in [0.15, 0.2) is 41.3 Å². The molecule has 0 unspecified atom stereocenters. The number of hydrogen-bond donors (Lipinski definition) is 1. The van der Waals surface area contributed by atoms with E-state index in [1.807, 2.05) is 0 Å². The molecule has 1 N–H and O–H groups in total. The van der Waals surface area contributed by atoms with E-state index in [-0.39, 0.29) is 28.9 Å². The maximum atomic E-state index is 13.4. The van der Waals surface area contributed by atoms with Crippen molar-refractivity contribution < 1.29 is 31.8 Å². The SMILES string of the molecule is COc1ccc(F)cc1COC(=O)c1ccc(OC)c(S(=O)(=O)NC2CC2)c1. The number of methoxy groups -OCH3 is 2. The highest BCUT2D eigenvalue weighted by Crippen LogP contribution is 2.29. The van der Waals surface area contributed by atoms with Crippen LogP contribution in [0.1, 0.15) is 28.8 Å². The summed E-state index contributed by atoms with van der Waals surface area (Å²) in [5, 5.41) is 0. The molecule has 0 bridgehead atoms. The van der Waals surface area contributed by atoms with Gasteiger partial charge in [-0.3, -0.25) is 0 Å². The van der Waals surface area contributed by atoms with Gasteiger partial charge in [0, 0.05) is 11.6 Å². The Morgan fingerprint density at radius 2 is 1.79 bits per heavy atom. The Bertz CT molecular complexity index is 988. The molecule has 0 atom stereocenters. The molecule has 1 fully saturated rings. The Balaban J connectivity index is 1.80. The first-order valence-corrected chi connectivity index (χ1v) is 10.0. The highest BCUT2D eigenvalue weighted by Gasteiger charge is 2.30. The molecular weight excluding hydrogens is 389 g/mol. The summed E-state index contributed by atoms with van der Waals surface area (Å²) >= 11 is 0. The smallest absolute Gasteiger partial charge is 0.338 e. The predicted molar refractivity (Wildman–Crippen MR) is 98.4 cm³/mol. The van der Waals surface area contributed by atoms with Gasteiger partial charge in [-0.05, 0) is 49.2 Å². The van der Waals surface area contributed by atoms with Crippen LogP contribution in [0.3, 0.4) is 0 Å². The fourth-order valence-electron chi connectivity index (χ4n) is 2.58. The summed E-state index contributed by atoms with van der Waals surface area (Å²) in [5.74, 6) is -0.745. The van der Waals surface area contributed by atoms with Crippen LogP contribution in [0.5, 0.6) is 11.5 Å². The van der Waals surface area contributed by atoms with Crippen molar-refractivity contribution in [2.24, 2.45) is 0 Å². The van der Waals surface area contributed by atoms with Crippen molar-refractivity contribution in [1.29, 1.82) is 0 Å². The van der Waals surface area contributed by atoms with E-state index in [4.69, 9.17) is 14.2 Å². The van der Waals surface area contributed by atoms with E-state index in [9.17, 15) is 17.6 Å². The van der Waals surface area contributed by atoms with Gasteiger partial charge in [-0.1, -0.05) is 0 Å². The molecule has 0 radical (unpaired) electrons. The summed E-state index contributed by atoms with van der Waals surface area (Å²) in [6, 6.07) is 7.77. The first kappa shape index (κ1) is 20.1. The lowest BCUT2D eigenvalue weighted by molar-refractivity contribution is 0.0469. The van der Waals surface area contributed by atoms with E-state index in [2.05, 4.69) is 4.72 Å². The molecule has 28 heavy (non-hydrogen) atoms. The number of sulfonamides is 1. The Labute approximate surface area is 162 Å². The maximum absolute atomic E-state index is 13.4. The zero-order valence-corrected chi connectivity index (χ0v) is 16.2. The van der Waals surface area contributed by atoms with Crippen LogP contribution >= 0.6 is 0 Å². The molecular formula is C19H20FNO6S. The Morgan fingerprint density at radius 1 is 1.11 bits per heavy atom. The minimum absolute atomic E-state index is 0.0346. The number of ether oxygens (including phenoxy) is 3. The second-order valence-electron chi connectivity index (χ2n) is 6.29. The number of hydrogen-bond acceptors (Lipinski definition) is 6. The number of carbonyl (C=O) groups is 1. The molecule has 0 amide bonds. The number of benzene rings is 2. The normalized spacial score (nSPS) is 13.8. The van der Waals surface area contributed by atoms with Gasteiger partial charge in [0.15, 0.2) is 0 Å². The molecule has 0 aromatic heterocycles. The van der Waals surface area contributed by atoms with Crippen LogP contribution in [-0.4, -0.2) is 34.6 Å². The van der Waals surface area contributed by atoms with Gasteiger partial charge in [-0.2, -0.15) is 0 Å². The van der Waals surface area contributed by atoms with Gasteiger partial charge in [-0.15, -0.1) is 0 Å². The van der Waals surface area contributed by atoms with Crippen molar-refractivity contribution in [2.45, 2.75) is 30.4 Å². The molecule has 150 valence electrons. The van der Waals surface area contributed by atoms with Gasteiger partial charge in [0.2, 0.25) is 10.0 Å². The molecule has 1 aliphatic carbocycles. The number of nitrogens with one attached hydrogen (secondary N) is 1. The van der Waals surface area contributed by atoms with Gasteiger partial charge in [0.25, 0.3) is 0 Å². The predicted octanol–water partition coefficient (Wildman–Crippen LogP) is 2.64. The molecule has 0 heterocycles. The fourth-order valence-corrected chi connectivity index (χ4v) is 4.08. The van der Waals surface area contributed by atoms with Crippen LogP contribution in [0, 0.1) is 5.82 Å². The molecule has 0 spiro atoms. The molecule has 2 aromatic carbocycles. The molecule has 1 aliphatic rings. The zero-order chi connectivity index (χ0) is 20.3. The average Bonchev–Trinajstić information content (AvgIpc) is 3.49. The number of carbonyl (C=O) groups excluding carboxylic acids is 1. The van der Waals surface area contributed by atoms with Crippen molar-refractivity contribution in [3.8, 4) is 11.5 Å². The summed E-state index contributed by atoms with van der Waals surface area (Å²) in [4.78, 5) is 12.3. The van der Waals surface area contributed by atoms with Crippen LogP contribution in [-0.2, 0) is 21.4 Å². The van der Waals surface area contributed by atoms with Crippen molar-refractivity contribution >= 4 is 16.0 Å². The summed E-state index contributed by atoms with van der Waals surface area (Å²) in [6.07, 6.45) is 1.55. The highest BCUT2D eigenvalue weighted by molar-refractivity contribution is 7.89. The van der Waals surface area contributed by atoms with Crippen molar-refractivity contribution in [1.82, 2.24) is 4.72 Å². The molecule has 0 saturated heterocycles. The van der Waals surface area contributed by atoms with E-state index in [0.717, 1.165) is 12.8 Å².